The minimum Gasteiger partial charge on any atom is -0.493 e. The predicted molar refractivity (Wildman–Crippen MR) is 108 cm³/mol. The number of aromatic nitrogens is 1. The van der Waals surface area contributed by atoms with Gasteiger partial charge in [0.2, 0.25) is 5.88 Å². The van der Waals surface area contributed by atoms with E-state index >= 15 is 0 Å². The second-order valence-electron chi connectivity index (χ2n) is 6.35. The lowest BCUT2D eigenvalue weighted by atomic mass is 10.1. The van der Waals surface area contributed by atoms with Crippen LogP contribution in [0.25, 0.3) is 0 Å². The van der Waals surface area contributed by atoms with E-state index in [4.69, 9.17) is 21.1 Å². The average Bonchev–Trinajstić information content (AvgIpc) is 2.75. The number of hydrogen-bond acceptors (Lipinski definition) is 6. The molecule has 1 amide bonds. The molecule has 172 valence electrons. The van der Waals surface area contributed by atoms with Crippen molar-refractivity contribution in [3.05, 3.63) is 80.7 Å². The Labute approximate surface area is 187 Å². The minimum atomic E-state index is -4.63. The van der Waals surface area contributed by atoms with Gasteiger partial charge in [-0.25, -0.2) is 9.37 Å². The number of carbonyl (C=O) groups excluding carboxylic acids is 1. The molecule has 0 aliphatic carbocycles. The third kappa shape index (κ3) is 5.47. The van der Waals surface area contributed by atoms with Gasteiger partial charge in [-0.1, -0.05) is 11.6 Å². The molecule has 3 aromatic rings. The summed E-state index contributed by atoms with van der Waals surface area (Å²) in [5.74, 6) is -2.21. The number of carbonyl (C=O) groups is 1. The van der Waals surface area contributed by atoms with Crippen LogP contribution in [0.4, 0.5) is 28.9 Å². The summed E-state index contributed by atoms with van der Waals surface area (Å²) >= 11 is 5.83. The summed E-state index contributed by atoms with van der Waals surface area (Å²) < 4.78 is 62.8. The van der Waals surface area contributed by atoms with Crippen molar-refractivity contribution in [3.8, 4) is 17.4 Å². The maximum absolute atomic E-state index is 14.0. The van der Waals surface area contributed by atoms with E-state index in [0.29, 0.717) is 12.3 Å². The first-order chi connectivity index (χ1) is 15.5. The number of benzene rings is 2. The van der Waals surface area contributed by atoms with Crippen molar-refractivity contribution in [2.45, 2.75) is 6.18 Å². The average molecular weight is 486 g/mol. The minimum absolute atomic E-state index is 0.00573. The van der Waals surface area contributed by atoms with Crippen molar-refractivity contribution in [3.63, 3.8) is 0 Å². The lowest BCUT2D eigenvalue weighted by Gasteiger charge is -2.14. The molecule has 13 heteroatoms. The summed E-state index contributed by atoms with van der Waals surface area (Å²) in [5, 5.41) is 12.8. The molecule has 0 unspecified atom stereocenters. The predicted octanol–water partition coefficient (Wildman–Crippen LogP) is 5.85. The number of anilines is 1. The van der Waals surface area contributed by atoms with Crippen molar-refractivity contribution in [2.24, 2.45) is 0 Å². The van der Waals surface area contributed by atoms with Crippen molar-refractivity contribution < 1.29 is 36.8 Å². The van der Waals surface area contributed by atoms with Crippen molar-refractivity contribution in [1.82, 2.24) is 4.98 Å². The maximum atomic E-state index is 14.0. The van der Waals surface area contributed by atoms with Gasteiger partial charge in [0.05, 0.1) is 23.2 Å². The molecule has 0 aliphatic heterocycles. The van der Waals surface area contributed by atoms with Crippen LogP contribution in [0.1, 0.15) is 15.9 Å². The molecule has 1 N–H and O–H groups in total. The van der Waals surface area contributed by atoms with Gasteiger partial charge in [0.1, 0.15) is 10.8 Å². The van der Waals surface area contributed by atoms with Crippen LogP contribution in [0.3, 0.4) is 0 Å². The molecule has 3 rings (SSSR count). The number of pyridine rings is 1. The summed E-state index contributed by atoms with van der Waals surface area (Å²) in [7, 11) is 1.26. The summed E-state index contributed by atoms with van der Waals surface area (Å²) in [6.45, 7) is 0. The normalized spacial score (nSPS) is 11.1. The van der Waals surface area contributed by atoms with Gasteiger partial charge in [-0.2, -0.15) is 13.2 Å². The number of nitro groups is 1. The topological polar surface area (TPSA) is 104 Å². The number of amides is 1. The molecular weight excluding hydrogens is 474 g/mol. The number of alkyl halides is 3. The summed E-state index contributed by atoms with van der Waals surface area (Å²) in [6.07, 6.45) is -4.08. The van der Waals surface area contributed by atoms with Crippen LogP contribution in [0.2, 0.25) is 5.02 Å². The highest BCUT2D eigenvalue weighted by atomic mass is 35.5. The number of nitrogens with zero attached hydrogens (tertiary/aromatic N) is 2. The number of hydrogen-bond donors (Lipinski definition) is 1. The molecule has 1 aromatic heterocycles. The zero-order valence-electron chi connectivity index (χ0n) is 16.4. The van der Waals surface area contributed by atoms with Crippen LogP contribution in [-0.4, -0.2) is 22.9 Å². The monoisotopic (exact) mass is 485 g/mol. The molecule has 33 heavy (non-hydrogen) atoms. The van der Waals surface area contributed by atoms with E-state index in [1.807, 2.05) is 0 Å². The Morgan fingerprint density at radius 2 is 1.88 bits per heavy atom. The van der Waals surface area contributed by atoms with Crippen LogP contribution in [0.15, 0.2) is 48.7 Å². The fourth-order valence-electron chi connectivity index (χ4n) is 2.59. The van der Waals surface area contributed by atoms with Gasteiger partial charge in [-0.3, -0.25) is 14.9 Å². The quantitative estimate of drug-likeness (QED) is 0.267. The lowest BCUT2D eigenvalue weighted by Crippen LogP contribution is -2.14. The van der Waals surface area contributed by atoms with Gasteiger partial charge in [0, 0.05) is 30.1 Å². The molecule has 0 atom stereocenters. The number of nitrogens with one attached hydrogen (secondary N) is 1. The molecular formula is C20H12ClF4N3O5. The number of non-ortho nitro benzene ring substituents is 1. The zero-order chi connectivity index (χ0) is 24.3. The van der Waals surface area contributed by atoms with E-state index in [1.165, 1.54) is 25.3 Å². The Balaban J connectivity index is 1.83. The Hall–Kier alpha value is -3.93. The molecule has 0 aliphatic rings. The molecule has 1 heterocycles. The Kier molecular flexibility index (Phi) is 6.68. The van der Waals surface area contributed by atoms with Crippen molar-refractivity contribution in [1.29, 1.82) is 0 Å². The van der Waals surface area contributed by atoms with E-state index in [-0.39, 0.29) is 23.1 Å². The third-order valence-corrected chi connectivity index (χ3v) is 4.44. The van der Waals surface area contributed by atoms with E-state index in [9.17, 15) is 32.5 Å². The molecule has 8 nitrogen and oxygen atoms in total. The van der Waals surface area contributed by atoms with Gasteiger partial charge in [-0.15, -0.1) is 0 Å². The Morgan fingerprint density at radius 1 is 1.15 bits per heavy atom. The van der Waals surface area contributed by atoms with Crippen LogP contribution < -0.4 is 14.8 Å². The van der Waals surface area contributed by atoms with Crippen LogP contribution >= 0.6 is 11.6 Å². The molecule has 0 saturated heterocycles. The molecule has 0 bridgehead atoms. The highest BCUT2D eigenvalue weighted by Gasteiger charge is 2.32. The van der Waals surface area contributed by atoms with Crippen LogP contribution in [-0.2, 0) is 6.18 Å². The van der Waals surface area contributed by atoms with Gasteiger partial charge >= 0.3 is 6.18 Å². The largest absolute Gasteiger partial charge is 0.493 e. The first kappa shape index (κ1) is 23.7. The second-order valence-corrected chi connectivity index (χ2v) is 6.76. The SMILES string of the molecule is COc1cc(NC(=O)c2cc([N+](=O)[O-])ccc2F)ccc1Oc1ncc(C(F)(F)F)cc1Cl. The number of nitro benzene ring substituents is 1. The van der Waals surface area contributed by atoms with E-state index in [1.54, 1.807) is 0 Å². The van der Waals surface area contributed by atoms with Gasteiger partial charge in [0.15, 0.2) is 11.5 Å². The van der Waals surface area contributed by atoms with Crippen molar-refractivity contribution >= 4 is 28.9 Å². The number of halogens is 5. The van der Waals surface area contributed by atoms with Crippen LogP contribution in [0.5, 0.6) is 17.4 Å². The van der Waals surface area contributed by atoms with E-state index in [2.05, 4.69) is 10.3 Å². The number of methoxy groups -OCH3 is 1. The Bertz CT molecular complexity index is 1240. The maximum Gasteiger partial charge on any atom is 0.417 e. The Morgan fingerprint density at radius 3 is 2.48 bits per heavy atom. The van der Waals surface area contributed by atoms with E-state index < -0.39 is 44.7 Å². The molecule has 0 radical (unpaired) electrons. The second kappa shape index (κ2) is 9.28. The number of ether oxygens (including phenoxy) is 2. The molecule has 2 aromatic carbocycles. The van der Waals surface area contributed by atoms with Gasteiger partial charge < -0.3 is 14.8 Å². The lowest BCUT2D eigenvalue weighted by molar-refractivity contribution is -0.384. The molecule has 0 saturated carbocycles. The summed E-state index contributed by atoms with van der Waals surface area (Å²) in [5.41, 5.74) is -1.96. The molecule has 0 fully saturated rings. The first-order valence-corrected chi connectivity index (χ1v) is 9.21. The summed E-state index contributed by atoms with van der Waals surface area (Å²) in [6, 6.07) is 7.06. The summed E-state index contributed by atoms with van der Waals surface area (Å²) in [4.78, 5) is 26.0. The van der Waals surface area contributed by atoms with Gasteiger partial charge in [-0.05, 0) is 24.3 Å². The molecule has 0 spiro atoms. The fourth-order valence-corrected chi connectivity index (χ4v) is 2.79. The highest BCUT2D eigenvalue weighted by molar-refractivity contribution is 6.31. The highest BCUT2D eigenvalue weighted by Crippen LogP contribution is 2.38. The number of rotatable bonds is 6. The van der Waals surface area contributed by atoms with Crippen LogP contribution in [0, 0.1) is 15.9 Å². The smallest absolute Gasteiger partial charge is 0.417 e. The fraction of sp³-hybridized carbons (Fsp3) is 0.100. The van der Waals surface area contributed by atoms with E-state index in [0.717, 1.165) is 18.2 Å². The van der Waals surface area contributed by atoms with Gasteiger partial charge in [0.25, 0.3) is 11.6 Å². The third-order valence-electron chi connectivity index (χ3n) is 4.17. The zero-order valence-corrected chi connectivity index (χ0v) is 17.2. The van der Waals surface area contributed by atoms with Crippen molar-refractivity contribution in [2.75, 3.05) is 12.4 Å². The standard InChI is InChI=1S/C20H12ClF4N3O5/c1-32-17-7-11(27-18(29)13-8-12(28(30)31)3-4-15(13)22)2-5-16(17)33-19-14(21)6-10(9-26-19)20(23,24)25/h2-9H,1H3,(H,27,29). The first-order valence-electron chi connectivity index (χ1n) is 8.83.